The first kappa shape index (κ1) is 12.8. The lowest BCUT2D eigenvalue weighted by Gasteiger charge is -2.05. The van der Waals surface area contributed by atoms with Crippen LogP contribution in [0.2, 0.25) is 0 Å². The van der Waals surface area contributed by atoms with Crippen LogP contribution < -0.4 is 0 Å². The monoisotopic (exact) mass is 308 g/mol. The summed E-state index contributed by atoms with van der Waals surface area (Å²) >= 11 is 3.47. The molecule has 2 rings (SSSR count). The van der Waals surface area contributed by atoms with Gasteiger partial charge in [0.05, 0.1) is 28.0 Å². The van der Waals surface area contributed by atoms with E-state index in [1.54, 1.807) is 18.2 Å². The van der Waals surface area contributed by atoms with Crippen LogP contribution >= 0.6 is 15.9 Å². The van der Waals surface area contributed by atoms with Gasteiger partial charge in [-0.25, -0.2) is 4.79 Å². The SMILES string of the molecule is Cc1nn(Cc2cccc(C(=O)O)c2)c(C)c1Br. The van der Waals surface area contributed by atoms with Crippen molar-refractivity contribution in [2.45, 2.75) is 20.4 Å². The molecule has 1 heterocycles. The second-order valence-corrected chi connectivity index (χ2v) is 4.94. The van der Waals surface area contributed by atoms with Gasteiger partial charge in [0.25, 0.3) is 0 Å². The lowest BCUT2D eigenvalue weighted by molar-refractivity contribution is 0.0696. The van der Waals surface area contributed by atoms with Gasteiger partial charge >= 0.3 is 5.97 Å². The van der Waals surface area contributed by atoms with Gasteiger partial charge < -0.3 is 5.11 Å². The Morgan fingerprint density at radius 3 is 2.72 bits per heavy atom. The van der Waals surface area contributed by atoms with Gasteiger partial charge in [-0.3, -0.25) is 4.68 Å². The third kappa shape index (κ3) is 2.46. The number of rotatable bonds is 3. The first-order valence-electron chi connectivity index (χ1n) is 5.51. The zero-order valence-electron chi connectivity index (χ0n) is 10.1. The molecule has 0 radical (unpaired) electrons. The van der Waals surface area contributed by atoms with Crippen molar-refractivity contribution in [3.63, 3.8) is 0 Å². The molecule has 1 aromatic heterocycles. The molecule has 0 saturated carbocycles. The molecule has 0 aliphatic heterocycles. The molecule has 0 fully saturated rings. The highest BCUT2D eigenvalue weighted by molar-refractivity contribution is 9.10. The molecule has 1 N–H and O–H groups in total. The molecule has 5 heteroatoms. The lowest BCUT2D eigenvalue weighted by atomic mass is 10.1. The zero-order valence-corrected chi connectivity index (χ0v) is 11.7. The summed E-state index contributed by atoms with van der Waals surface area (Å²) in [7, 11) is 0. The van der Waals surface area contributed by atoms with E-state index in [1.165, 1.54) is 0 Å². The van der Waals surface area contributed by atoms with E-state index in [-0.39, 0.29) is 0 Å². The average molecular weight is 309 g/mol. The Labute approximate surface area is 113 Å². The van der Waals surface area contributed by atoms with Gasteiger partial charge in [0, 0.05) is 0 Å². The first-order valence-corrected chi connectivity index (χ1v) is 6.30. The maximum Gasteiger partial charge on any atom is 0.335 e. The molecule has 18 heavy (non-hydrogen) atoms. The molecule has 0 saturated heterocycles. The molecule has 4 nitrogen and oxygen atoms in total. The molecule has 0 atom stereocenters. The van der Waals surface area contributed by atoms with Crippen LogP contribution in [0, 0.1) is 13.8 Å². The van der Waals surface area contributed by atoms with Gasteiger partial charge in [-0.2, -0.15) is 5.10 Å². The third-order valence-electron chi connectivity index (χ3n) is 2.80. The van der Waals surface area contributed by atoms with Crippen LogP contribution in [0.4, 0.5) is 0 Å². The molecule has 0 bridgehead atoms. The highest BCUT2D eigenvalue weighted by Gasteiger charge is 2.10. The number of carboxylic acids is 1. The van der Waals surface area contributed by atoms with E-state index in [9.17, 15) is 4.79 Å². The van der Waals surface area contributed by atoms with Crippen molar-refractivity contribution < 1.29 is 9.90 Å². The van der Waals surface area contributed by atoms with Gasteiger partial charge in [0.15, 0.2) is 0 Å². The number of benzene rings is 1. The fraction of sp³-hybridized carbons (Fsp3) is 0.231. The normalized spacial score (nSPS) is 10.6. The van der Waals surface area contributed by atoms with Crippen molar-refractivity contribution in [3.05, 3.63) is 51.3 Å². The Bertz CT molecular complexity index is 605. The molecule has 0 aliphatic rings. The summed E-state index contributed by atoms with van der Waals surface area (Å²) in [6.45, 7) is 4.48. The molecular weight excluding hydrogens is 296 g/mol. The molecule has 94 valence electrons. The molecule has 0 amide bonds. The first-order chi connectivity index (χ1) is 8.49. The molecule has 0 aliphatic carbocycles. The molecule has 0 unspecified atom stereocenters. The Morgan fingerprint density at radius 1 is 1.44 bits per heavy atom. The minimum atomic E-state index is -0.911. The van der Waals surface area contributed by atoms with Gasteiger partial charge in [0.2, 0.25) is 0 Å². The van der Waals surface area contributed by atoms with Crippen molar-refractivity contribution in [1.29, 1.82) is 0 Å². The van der Waals surface area contributed by atoms with Crippen LogP contribution in [0.15, 0.2) is 28.7 Å². The van der Waals surface area contributed by atoms with E-state index in [4.69, 9.17) is 5.11 Å². The summed E-state index contributed by atoms with van der Waals surface area (Å²) in [5, 5.41) is 13.4. The molecule has 0 spiro atoms. The number of carbonyl (C=O) groups is 1. The van der Waals surface area contributed by atoms with Crippen LogP contribution in [0.3, 0.4) is 0 Å². The van der Waals surface area contributed by atoms with Crippen molar-refractivity contribution >= 4 is 21.9 Å². The summed E-state index contributed by atoms with van der Waals surface area (Å²) in [5.41, 5.74) is 3.19. The Hall–Kier alpha value is -1.62. The number of hydrogen-bond donors (Lipinski definition) is 1. The number of carboxylic acid groups (broad SMARTS) is 1. The predicted octanol–water partition coefficient (Wildman–Crippen LogP) is 3.01. The van der Waals surface area contributed by atoms with E-state index >= 15 is 0 Å². The number of nitrogens with zero attached hydrogens (tertiary/aromatic N) is 2. The minimum Gasteiger partial charge on any atom is -0.478 e. The Kier molecular flexibility index (Phi) is 3.52. The topological polar surface area (TPSA) is 55.1 Å². The summed E-state index contributed by atoms with van der Waals surface area (Å²) in [6, 6.07) is 6.91. The second kappa shape index (κ2) is 4.94. The Morgan fingerprint density at radius 2 is 2.17 bits per heavy atom. The van der Waals surface area contributed by atoms with E-state index in [1.807, 2.05) is 24.6 Å². The smallest absolute Gasteiger partial charge is 0.335 e. The van der Waals surface area contributed by atoms with Crippen molar-refractivity contribution in [3.8, 4) is 0 Å². The van der Waals surface area contributed by atoms with E-state index in [2.05, 4.69) is 21.0 Å². The number of aryl methyl sites for hydroxylation is 1. The number of halogens is 1. The van der Waals surface area contributed by atoms with E-state index < -0.39 is 5.97 Å². The van der Waals surface area contributed by atoms with Gasteiger partial charge in [-0.15, -0.1) is 0 Å². The quantitative estimate of drug-likeness (QED) is 0.948. The average Bonchev–Trinajstić information content (AvgIpc) is 2.57. The highest BCUT2D eigenvalue weighted by Crippen LogP contribution is 2.20. The number of aromatic nitrogens is 2. The largest absolute Gasteiger partial charge is 0.478 e. The minimum absolute atomic E-state index is 0.299. The third-order valence-corrected chi connectivity index (χ3v) is 3.95. The van der Waals surface area contributed by atoms with Crippen molar-refractivity contribution in [1.82, 2.24) is 9.78 Å². The molecule has 2 aromatic rings. The van der Waals surface area contributed by atoms with E-state index in [0.29, 0.717) is 12.1 Å². The summed E-state index contributed by atoms with van der Waals surface area (Å²) < 4.78 is 2.86. The highest BCUT2D eigenvalue weighted by atomic mass is 79.9. The number of hydrogen-bond acceptors (Lipinski definition) is 2. The zero-order chi connectivity index (χ0) is 13.3. The van der Waals surface area contributed by atoms with E-state index in [0.717, 1.165) is 21.4 Å². The van der Waals surface area contributed by atoms with Gasteiger partial charge in [0.1, 0.15) is 0 Å². The summed E-state index contributed by atoms with van der Waals surface area (Å²) in [6.07, 6.45) is 0. The predicted molar refractivity (Wildman–Crippen MR) is 71.9 cm³/mol. The van der Waals surface area contributed by atoms with Gasteiger partial charge in [-0.1, -0.05) is 12.1 Å². The van der Waals surface area contributed by atoms with Crippen LogP contribution in [0.25, 0.3) is 0 Å². The summed E-state index contributed by atoms with van der Waals surface area (Å²) in [5.74, 6) is -0.911. The fourth-order valence-corrected chi connectivity index (χ4v) is 2.09. The standard InChI is InChI=1S/C13H13BrN2O2/c1-8-12(14)9(2)16(15-8)7-10-4-3-5-11(6-10)13(17)18/h3-6H,7H2,1-2H3,(H,17,18). The van der Waals surface area contributed by atoms with Crippen molar-refractivity contribution in [2.75, 3.05) is 0 Å². The summed E-state index contributed by atoms with van der Waals surface area (Å²) in [4.78, 5) is 10.9. The van der Waals surface area contributed by atoms with Crippen LogP contribution in [-0.4, -0.2) is 20.9 Å². The van der Waals surface area contributed by atoms with Crippen LogP contribution in [0.1, 0.15) is 27.3 Å². The lowest BCUT2D eigenvalue weighted by Crippen LogP contribution is -2.05. The fourth-order valence-electron chi connectivity index (χ4n) is 1.80. The van der Waals surface area contributed by atoms with Gasteiger partial charge in [-0.05, 0) is 47.5 Å². The molecular formula is C13H13BrN2O2. The van der Waals surface area contributed by atoms with Crippen LogP contribution in [0.5, 0.6) is 0 Å². The van der Waals surface area contributed by atoms with Crippen LogP contribution in [-0.2, 0) is 6.54 Å². The maximum atomic E-state index is 10.9. The molecule has 1 aromatic carbocycles. The second-order valence-electron chi connectivity index (χ2n) is 4.15. The maximum absolute atomic E-state index is 10.9. The van der Waals surface area contributed by atoms with Crippen molar-refractivity contribution in [2.24, 2.45) is 0 Å². The Balaban J connectivity index is 2.31. The number of aromatic carboxylic acids is 1.